The molecule has 2 N–H and O–H groups in total. The molecule has 1 aromatic rings. The van der Waals surface area contributed by atoms with Gasteiger partial charge in [0, 0.05) is 19.6 Å². The smallest absolute Gasteiger partial charge is 0.222 e. The molecule has 1 fully saturated rings. The van der Waals surface area contributed by atoms with E-state index in [1.54, 1.807) is 6.20 Å². The van der Waals surface area contributed by atoms with Crippen LogP contribution in [-0.2, 0) is 0 Å². The highest BCUT2D eigenvalue weighted by Crippen LogP contribution is 2.24. The molecule has 0 radical (unpaired) electrons. The van der Waals surface area contributed by atoms with Gasteiger partial charge >= 0.3 is 0 Å². The van der Waals surface area contributed by atoms with Crippen molar-refractivity contribution in [1.82, 2.24) is 14.9 Å². The van der Waals surface area contributed by atoms with Crippen molar-refractivity contribution in [3.8, 4) is 0 Å². The quantitative estimate of drug-likeness (QED) is 0.881. The number of anilines is 2. The average molecular weight is 256 g/mol. The number of hydrogen-bond donors (Lipinski definition) is 1. The molecule has 1 atom stereocenters. The molecule has 5 nitrogen and oxygen atoms in total. The van der Waals surface area contributed by atoms with Crippen LogP contribution in [0, 0.1) is 0 Å². The van der Waals surface area contributed by atoms with E-state index in [-0.39, 0.29) is 5.95 Å². The molecule has 0 aromatic carbocycles. The number of nitrogen functional groups attached to an aromatic ring is 1. The van der Waals surface area contributed by atoms with Crippen molar-refractivity contribution in [3.05, 3.63) is 11.2 Å². The Balaban J connectivity index is 2.08. The van der Waals surface area contributed by atoms with Crippen molar-refractivity contribution >= 4 is 23.4 Å². The van der Waals surface area contributed by atoms with Crippen LogP contribution in [-0.4, -0.2) is 48.1 Å². The van der Waals surface area contributed by atoms with Crippen LogP contribution >= 0.6 is 11.6 Å². The van der Waals surface area contributed by atoms with Crippen LogP contribution in [0.25, 0.3) is 0 Å². The second-order valence-corrected chi connectivity index (χ2v) is 4.96. The van der Waals surface area contributed by atoms with Gasteiger partial charge in [0.25, 0.3) is 0 Å². The maximum absolute atomic E-state index is 6.08. The van der Waals surface area contributed by atoms with Crippen LogP contribution in [0.4, 0.5) is 11.8 Å². The zero-order chi connectivity index (χ0) is 12.4. The molecule has 1 aliphatic heterocycles. The minimum Gasteiger partial charge on any atom is -0.368 e. The summed E-state index contributed by atoms with van der Waals surface area (Å²) in [6, 6.07) is 0.562. The maximum atomic E-state index is 6.08. The lowest BCUT2D eigenvalue weighted by Crippen LogP contribution is -2.37. The molecule has 2 heterocycles. The molecule has 0 saturated carbocycles. The van der Waals surface area contributed by atoms with Gasteiger partial charge in [-0.2, -0.15) is 4.98 Å². The van der Waals surface area contributed by atoms with Gasteiger partial charge in [-0.25, -0.2) is 4.98 Å². The van der Waals surface area contributed by atoms with Gasteiger partial charge in [0.15, 0.2) is 5.82 Å². The summed E-state index contributed by atoms with van der Waals surface area (Å²) in [5.74, 6) is 0.968. The number of aromatic nitrogens is 2. The van der Waals surface area contributed by atoms with E-state index in [4.69, 9.17) is 17.3 Å². The number of likely N-dealkylation sites (tertiary alicyclic amines) is 1. The SMILES string of the molecule is CN(CC1CCCN1C)c1nc(N)ncc1Cl. The zero-order valence-corrected chi connectivity index (χ0v) is 11.0. The highest BCUT2D eigenvalue weighted by atomic mass is 35.5. The highest BCUT2D eigenvalue weighted by Gasteiger charge is 2.23. The van der Waals surface area contributed by atoms with Gasteiger partial charge in [-0.15, -0.1) is 0 Å². The monoisotopic (exact) mass is 255 g/mol. The second-order valence-electron chi connectivity index (χ2n) is 4.56. The molecule has 0 bridgehead atoms. The summed E-state index contributed by atoms with van der Waals surface area (Å²) in [4.78, 5) is 12.5. The van der Waals surface area contributed by atoms with E-state index in [2.05, 4.69) is 21.9 Å². The van der Waals surface area contributed by atoms with E-state index in [1.165, 1.54) is 12.8 Å². The molecule has 1 aromatic heterocycles. The van der Waals surface area contributed by atoms with Gasteiger partial charge in [-0.1, -0.05) is 11.6 Å². The van der Waals surface area contributed by atoms with Crippen LogP contribution in [0.5, 0.6) is 0 Å². The second kappa shape index (κ2) is 5.06. The van der Waals surface area contributed by atoms with Crippen molar-refractivity contribution in [3.63, 3.8) is 0 Å². The Morgan fingerprint density at radius 3 is 3.06 bits per heavy atom. The number of nitrogens with zero attached hydrogens (tertiary/aromatic N) is 4. The van der Waals surface area contributed by atoms with Gasteiger partial charge in [0.1, 0.15) is 5.02 Å². The van der Waals surface area contributed by atoms with E-state index >= 15 is 0 Å². The molecule has 1 aliphatic rings. The largest absolute Gasteiger partial charge is 0.368 e. The normalized spacial score (nSPS) is 20.8. The molecule has 1 unspecified atom stereocenters. The summed E-state index contributed by atoms with van der Waals surface area (Å²) in [5, 5.41) is 0.544. The molecular weight excluding hydrogens is 238 g/mol. The Hall–Kier alpha value is -1.07. The van der Waals surface area contributed by atoms with Gasteiger partial charge in [-0.05, 0) is 26.4 Å². The van der Waals surface area contributed by atoms with Gasteiger partial charge < -0.3 is 15.5 Å². The molecule has 0 aliphatic carbocycles. The third-order valence-corrected chi connectivity index (χ3v) is 3.53. The molecular formula is C11H18ClN5. The number of hydrogen-bond acceptors (Lipinski definition) is 5. The van der Waals surface area contributed by atoms with Crippen LogP contribution in [0.1, 0.15) is 12.8 Å². The lowest BCUT2D eigenvalue weighted by atomic mass is 10.2. The average Bonchev–Trinajstić information content (AvgIpc) is 2.68. The first-order valence-corrected chi connectivity index (χ1v) is 6.15. The first-order chi connectivity index (χ1) is 8.08. The zero-order valence-electron chi connectivity index (χ0n) is 10.2. The van der Waals surface area contributed by atoms with Crippen molar-refractivity contribution in [2.24, 2.45) is 0 Å². The number of nitrogens with two attached hydrogens (primary N) is 1. The summed E-state index contributed by atoms with van der Waals surface area (Å²) in [7, 11) is 4.14. The number of rotatable bonds is 3. The van der Waals surface area contributed by atoms with E-state index in [9.17, 15) is 0 Å². The van der Waals surface area contributed by atoms with Crippen molar-refractivity contribution in [2.45, 2.75) is 18.9 Å². The summed E-state index contributed by atoms with van der Waals surface area (Å²) in [6.45, 7) is 2.07. The summed E-state index contributed by atoms with van der Waals surface area (Å²) in [6.07, 6.45) is 4.03. The minimum atomic E-state index is 0.260. The minimum absolute atomic E-state index is 0.260. The summed E-state index contributed by atoms with van der Waals surface area (Å²) < 4.78 is 0. The Morgan fingerprint density at radius 2 is 2.41 bits per heavy atom. The fourth-order valence-corrected chi connectivity index (χ4v) is 2.49. The van der Waals surface area contributed by atoms with E-state index in [1.807, 2.05) is 11.9 Å². The van der Waals surface area contributed by atoms with Crippen molar-refractivity contribution in [2.75, 3.05) is 37.8 Å². The van der Waals surface area contributed by atoms with Crippen LogP contribution in [0.3, 0.4) is 0 Å². The van der Waals surface area contributed by atoms with Crippen molar-refractivity contribution in [1.29, 1.82) is 0 Å². The van der Waals surface area contributed by atoms with Gasteiger partial charge in [0.2, 0.25) is 5.95 Å². The summed E-state index contributed by atoms with van der Waals surface area (Å²) in [5.41, 5.74) is 5.58. The topological polar surface area (TPSA) is 58.3 Å². The molecule has 6 heteroatoms. The third kappa shape index (κ3) is 2.79. The molecule has 2 rings (SSSR count). The Labute approximate surface area is 107 Å². The molecule has 1 saturated heterocycles. The lowest BCUT2D eigenvalue weighted by Gasteiger charge is -2.27. The van der Waals surface area contributed by atoms with E-state index in [0.717, 1.165) is 13.1 Å². The van der Waals surface area contributed by atoms with Gasteiger partial charge in [-0.3, -0.25) is 0 Å². The lowest BCUT2D eigenvalue weighted by molar-refractivity contribution is 0.314. The molecule has 0 amide bonds. The molecule has 17 heavy (non-hydrogen) atoms. The first-order valence-electron chi connectivity index (χ1n) is 5.77. The Kier molecular flexibility index (Phi) is 3.69. The predicted molar refractivity (Wildman–Crippen MR) is 70.4 cm³/mol. The van der Waals surface area contributed by atoms with Crippen LogP contribution < -0.4 is 10.6 Å². The Morgan fingerprint density at radius 1 is 1.65 bits per heavy atom. The summed E-state index contributed by atoms with van der Waals surface area (Å²) >= 11 is 6.08. The van der Waals surface area contributed by atoms with Crippen LogP contribution in [0.2, 0.25) is 5.02 Å². The number of likely N-dealkylation sites (N-methyl/N-ethyl adjacent to an activating group) is 2. The van der Waals surface area contributed by atoms with E-state index < -0.39 is 0 Å². The standard InChI is InChI=1S/C11H18ClN5/c1-16-5-3-4-8(16)7-17(2)10-9(12)6-14-11(13)15-10/h6,8H,3-5,7H2,1-2H3,(H2,13,14,15). The maximum Gasteiger partial charge on any atom is 0.222 e. The van der Waals surface area contributed by atoms with Crippen molar-refractivity contribution < 1.29 is 0 Å². The molecule has 0 spiro atoms. The third-order valence-electron chi connectivity index (χ3n) is 3.26. The van der Waals surface area contributed by atoms with E-state index in [0.29, 0.717) is 16.9 Å². The van der Waals surface area contributed by atoms with Gasteiger partial charge in [0.05, 0.1) is 6.20 Å². The fourth-order valence-electron chi connectivity index (χ4n) is 2.25. The fraction of sp³-hybridized carbons (Fsp3) is 0.636. The molecule has 94 valence electrons. The first kappa shape index (κ1) is 12.4. The number of halogens is 1. The highest BCUT2D eigenvalue weighted by molar-refractivity contribution is 6.32. The Bertz CT molecular complexity index is 397. The van der Waals surface area contributed by atoms with Crippen LogP contribution in [0.15, 0.2) is 6.20 Å². The predicted octanol–water partition coefficient (Wildman–Crippen LogP) is 1.24.